The van der Waals surface area contributed by atoms with Gasteiger partial charge in [-0.25, -0.2) is 4.98 Å². The van der Waals surface area contributed by atoms with Crippen LogP contribution in [0, 0.1) is 0 Å². The topological polar surface area (TPSA) is 47.9 Å². The van der Waals surface area contributed by atoms with E-state index in [0.717, 1.165) is 24.5 Å². The van der Waals surface area contributed by atoms with Gasteiger partial charge in [0, 0.05) is 44.3 Å². The summed E-state index contributed by atoms with van der Waals surface area (Å²) < 4.78 is 9.85. The zero-order chi connectivity index (χ0) is 15.6. The third-order valence-electron chi connectivity index (χ3n) is 4.05. The summed E-state index contributed by atoms with van der Waals surface area (Å²) in [5, 5.41) is 4.21. The third-order valence-corrected chi connectivity index (χ3v) is 4.05. The van der Waals surface area contributed by atoms with Crippen molar-refractivity contribution in [2.45, 2.75) is 12.6 Å². The van der Waals surface area contributed by atoms with E-state index < -0.39 is 0 Å². The summed E-state index contributed by atoms with van der Waals surface area (Å²) in [6.45, 7) is 2.71. The highest BCUT2D eigenvalue weighted by atomic mass is 16.5. The van der Waals surface area contributed by atoms with Crippen LogP contribution < -0.4 is 4.74 Å². The maximum absolute atomic E-state index is 6.05. The van der Waals surface area contributed by atoms with Gasteiger partial charge in [0.1, 0.15) is 12.4 Å². The average Bonchev–Trinajstić information content (AvgIpc) is 2.93. The van der Waals surface area contributed by atoms with Crippen LogP contribution in [0.4, 0.5) is 0 Å². The standard InChI is InChI=1S/C17H19N5O/c1-20-9-14(8-19-20)10-22-11-15(22)12-23-17-5-3-2-4-16(17)21-7-6-18-13-21/h2-9,13,15H,10-12H2,1H3. The number of aryl methyl sites for hydroxylation is 1. The highest BCUT2D eigenvalue weighted by Gasteiger charge is 2.34. The summed E-state index contributed by atoms with van der Waals surface area (Å²) in [4.78, 5) is 6.49. The third kappa shape index (κ3) is 3.12. The van der Waals surface area contributed by atoms with Gasteiger partial charge in [-0.15, -0.1) is 0 Å². The van der Waals surface area contributed by atoms with Gasteiger partial charge < -0.3 is 9.30 Å². The van der Waals surface area contributed by atoms with Crippen LogP contribution in [0.5, 0.6) is 5.75 Å². The van der Waals surface area contributed by atoms with E-state index in [4.69, 9.17) is 4.74 Å². The Morgan fingerprint density at radius 1 is 1.30 bits per heavy atom. The van der Waals surface area contributed by atoms with E-state index in [1.165, 1.54) is 5.56 Å². The molecule has 0 aliphatic carbocycles. The van der Waals surface area contributed by atoms with Gasteiger partial charge in [-0.1, -0.05) is 12.1 Å². The van der Waals surface area contributed by atoms with Gasteiger partial charge in [0.2, 0.25) is 0 Å². The molecule has 6 heteroatoms. The van der Waals surface area contributed by atoms with E-state index in [-0.39, 0.29) is 0 Å². The normalized spacial score (nSPS) is 19.7. The molecule has 0 radical (unpaired) electrons. The molecule has 0 N–H and O–H groups in total. The molecule has 3 heterocycles. The quantitative estimate of drug-likeness (QED) is 0.652. The fourth-order valence-electron chi connectivity index (χ4n) is 2.74. The van der Waals surface area contributed by atoms with E-state index in [2.05, 4.69) is 21.2 Å². The first-order valence-electron chi connectivity index (χ1n) is 7.71. The predicted octanol–water partition coefficient (Wildman–Crippen LogP) is 1.87. The molecular formula is C17H19N5O. The Hall–Kier alpha value is -2.60. The number of ether oxygens (including phenoxy) is 1. The molecule has 23 heavy (non-hydrogen) atoms. The molecule has 4 rings (SSSR count). The van der Waals surface area contributed by atoms with E-state index in [1.807, 2.05) is 53.0 Å². The molecule has 0 amide bonds. The molecule has 1 saturated heterocycles. The van der Waals surface area contributed by atoms with Crippen molar-refractivity contribution in [3.05, 3.63) is 60.9 Å². The van der Waals surface area contributed by atoms with Crippen molar-refractivity contribution < 1.29 is 4.74 Å². The largest absolute Gasteiger partial charge is 0.490 e. The lowest BCUT2D eigenvalue weighted by Gasteiger charge is -2.11. The highest BCUT2D eigenvalue weighted by molar-refractivity contribution is 5.46. The van der Waals surface area contributed by atoms with Crippen molar-refractivity contribution >= 4 is 0 Å². The number of aromatic nitrogens is 4. The summed E-state index contributed by atoms with van der Waals surface area (Å²) in [5.74, 6) is 0.888. The number of rotatable bonds is 6. The lowest BCUT2D eigenvalue weighted by molar-refractivity contribution is 0.292. The fourth-order valence-corrected chi connectivity index (χ4v) is 2.74. The lowest BCUT2D eigenvalue weighted by atomic mass is 10.3. The lowest BCUT2D eigenvalue weighted by Crippen LogP contribution is -2.11. The van der Waals surface area contributed by atoms with E-state index >= 15 is 0 Å². The zero-order valence-corrected chi connectivity index (χ0v) is 13.0. The molecule has 1 aromatic carbocycles. The molecule has 118 valence electrons. The SMILES string of the molecule is Cn1cc(CN2CC2COc2ccccc2-n2ccnc2)cn1. The van der Waals surface area contributed by atoms with E-state index in [9.17, 15) is 0 Å². The summed E-state index contributed by atoms with van der Waals surface area (Å²) in [6.07, 6.45) is 9.46. The number of hydrogen-bond acceptors (Lipinski definition) is 4. The summed E-state index contributed by atoms with van der Waals surface area (Å²) in [6, 6.07) is 8.52. The monoisotopic (exact) mass is 309 g/mol. The Morgan fingerprint density at radius 3 is 3.00 bits per heavy atom. The van der Waals surface area contributed by atoms with Crippen LogP contribution in [-0.2, 0) is 13.6 Å². The molecule has 0 bridgehead atoms. The van der Waals surface area contributed by atoms with Crippen molar-refractivity contribution in [3.63, 3.8) is 0 Å². The molecule has 0 spiro atoms. The smallest absolute Gasteiger partial charge is 0.143 e. The summed E-state index contributed by atoms with van der Waals surface area (Å²) >= 11 is 0. The van der Waals surface area contributed by atoms with Crippen LogP contribution in [0.1, 0.15) is 5.56 Å². The fraction of sp³-hybridized carbons (Fsp3) is 0.294. The van der Waals surface area contributed by atoms with Crippen LogP contribution in [0.2, 0.25) is 0 Å². The number of nitrogens with zero attached hydrogens (tertiary/aromatic N) is 5. The van der Waals surface area contributed by atoms with Crippen molar-refractivity contribution in [2.75, 3.05) is 13.2 Å². The molecule has 1 fully saturated rings. The predicted molar refractivity (Wildman–Crippen MR) is 86.5 cm³/mol. The van der Waals surface area contributed by atoms with Gasteiger partial charge >= 0.3 is 0 Å². The minimum absolute atomic E-state index is 0.478. The van der Waals surface area contributed by atoms with Gasteiger partial charge in [-0.3, -0.25) is 9.58 Å². The molecule has 2 unspecified atom stereocenters. The maximum Gasteiger partial charge on any atom is 0.143 e. The Morgan fingerprint density at radius 2 is 2.22 bits per heavy atom. The van der Waals surface area contributed by atoms with Gasteiger partial charge in [-0.2, -0.15) is 5.10 Å². The molecule has 0 saturated carbocycles. The molecule has 2 atom stereocenters. The number of benzene rings is 1. The number of para-hydroxylation sites is 2. The van der Waals surface area contributed by atoms with Crippen LogP contribution in [0.25, 0.3) is 5.69 Å². The second kappa shape index (κ2) is 5.89. The van der Waals surface area contributed by atoms with Crippen LogP contribution in [0.3, 0.4) is 0 Å². The molecule has 1 aliphatic rings. The molecule has 3 aromatic rings. The first kappa shape index (κ1) is 14.0. The van der Waals surface area contributed by atoms with Gasteiger partial charge in [0.25, 0.3) is 0 Å². The van der Waals surface area contributed by atoms with E-state index in [1.54, 1.807) is 12.5 Å². The molecule has 2 aromatic heterocycles. The highest BCUT2D eigenvalue weighted by Crippen LogP contribution is 2.26. The molecule has 1 aliphatic heterocycles. The minimum Gasteiger partial charge on any atom is -0.490 e. The Bertz CT molecular complexity index is 780. The summed E-state index contributed by atoms with van der Waals surface area (Å²) in [7, 11) is 1.94. The van der Waals surface area contributed by atoms with Crippen molar-refractivity contribution in [3.8, 4) is 11.4 Å². The first-order valence-corrected chi connectivity index (χ1v) is 7.71. The minimum atomic E-state index is 0.478. The first-order chi connectivity index (χ1) is 11.3. The Labute approximate surface area is 134 Å². The Kier molecular flexibility index (Phi) is 3.59. The van der Waals surface area contributed by atoms with Crippen LogP contribution >= 0.6 is 0 Å². The summed E-state index contributed by atoms with van der Waals surface area (Å²) in [5.41, 5.74) is 2.26. The van der Waals surface area contributed by atoms with Gasteiger partial charge in [-0.05, 0) is 12.1 Å². The number of hydrogen-bond donors (Lipinski definition) is 0. The van der Waals surface area contributed by atoms with Crippen molar-refractivity contribution in [2.24, 2.45) is 7.05 Å². The molecular weight excluding hydrogens is 290 g/mol. The van der Waals surface area contributed by atoms with Gasteiger partial charge in [0.15, 0.2) is 0 Å². The Balaban J connectivity index is 1.36. The second-order valence-electron chi connectivity index (χ2n) is 5.85. The van der Waals surface area contributed by atoms with Crippen molar-refractivity contribution in [1.29, 1.82) is 0 Å². The van der Waals surface area contributed by atoms with Crippen molar-refractivity contribution in [1.82, 2.24) is 24.2 Å². The van der Waals surface area contributed by atoms with Crippen LogP contribution in [-0.4, -0.2) is 43.4 Å². The number of imidazole rings is 1. The average molecular weight is 309 g/mol. The molecule has 6 nitrogen and oxygen atoms in total. The second-order valence-corrected chi connectivity index (χ2v) is 5.85. The van der Waals surface area contributed by atoms with E-state index in [0.29, 0.717) is 12.6 Å². The zero-order valence-electron chi connectivity index (χ0n) is 13.0. The van der Waals surface area contributed by atoms with Crippen LogP contribution in [0.15, 0.2) is 55.4 Å². The van der Waals surface area contributed by atoms with Gasteiger partial charge in [0.05, 0.1) is 24.3 Å². The maximum atomic E-state index is 6.05.